The van der Waals surface area contributed by atoms with E-state index in [1.165, 1.54) is 18.2 Å². The Morgan fingerprint density at radius 3 is 2.80 bits per heavy atom. The van der Waals surface area contributed by atoms with Gasteiger partial charge >= 0.3 is 0 Å². The first-order chi connectivity index (χ1) is 7.24. The van der Waals surface area contributed by atoms with Crippen molar-refractivity contribution in [3.8, 4) is 0 Å². The predicted molar refractivity (Wildman–Crippen MR) is 66.9 cm³/mol. The highest BCUT2D eigenvalue weighted by Gasteiger charge is 2.21. The van der Waals surface area contributed by atoms with Gasteiger partial charge in [-0.3, -0.25) is 4.79 Å². The molecule has 0 atom stereocenters. The SMILES string of the molecule is CC(=O)c1cc2c(s1)Sc1ccsc1S2. The first-order valence-corrected chi connectivity index (χ1v) is 7.65. The number of carbonyl (C=O) groups is 1. The Morgan fingerprint density at radius 1 is 1.20 bits per heavy atom. The lowest BCUT2D eigenvalue weighted by molar-refractivity contribution is 0.102. The van der Waals surface area contributed by atoms with E-state index in [1.54, 1.807) is 53.1 Å². The van der Waals surface area contributed by atoms with Crippen LogP contribution in [-0.2, 0) is 0 Å². The van der Waals surface area contributed by atoms with Crippen LogP contribution in [0.25, 0.3) is 0 Å². The van der Waals surface area contributed by atoms with Gasteiger partial charge in [-0.05, 0) is 24.4 Å². The number of ketones is 1. The fourth-order valence-corrected chi connectivity index (χ4v) is 6.22. The zero-order chi connectivity index (χ0) is 10.4. The highest BCUT2D eigenvalue weighted by Crippen LogP contribution is 2.53. The zero-order valence-electron chi connectivity index (χ0n) is 7.77. The second kappa shape index (κ2) is 3.66. The van der Waals surface area contributed by atoms with Crippen LogP contribution >= 0.6 is 46.2 Å². The van der Waals surface area contributed by atoms with E-state index in [2.05, 4.69) is 11.4 Å². The molecule has 5 heteroatoms. The van der Waals surface area contributed by atoms with Gasteiger partial charge in [0.2, 0.25) is 0 Å². The van der Waals surface area contributed by atoms with Crippen LogP contribution in [0.4, 0.5) is 0 Å². The van der Waals surface area contributed by atoms with E-state index in [1.807, 2.05) is 6.07 Å². The maximum absolute atomic E-state index is 11.3. The van der Waals surface area contributed by atoms with Gasteiger partial charge in [0.25, 0.3) is 0 Å². The Hall–Kier alpha value is -0.230. The second-order valence-corrected chi connectivity index (χ2v) is 7.68. The van der Waals surface area contributed by atoms with Crippen LogP contribution in [-0.4, -0.2) is 5.78 Å². The van der Waals surface area contributed by atoms with Crippen LogP contribution in [0.3, 0.4) is 0 Å². The average molecular weight is 270 g/mol. The normalized spacial score (nSPS) is 13.4. The molecule has 0 radical (unpaired) electrons. The molecule has 0 spiro atoms. The molecule has 0 unspecified atom stereocenters. The fourth-order valence-electron chi connectivity index (χ4n) is 1.31. The maximum atomic E-state index is 11.3. The summed E-state index contributed by atoms with van der Waals surface area (Å²) in [6, 6.07) is 4.16. The summed E-state index contributed by atoms with van der Waals surface area (Å²) in [5, 5.41) is 2.12. The summed E-state index contributed by atoms with van der Waals surface area (Å²) in [6.07, 6.45) is 0. The molecule has 0 N–H and O–H groups in total. The summed E-state index contributed by atoms with van der Waals surface area (Å²) in [4.78, 5) is 14.7. The molecule has 0 bridgehead atoms. The molecular weight excluding hydrogens is 264 g/mol. The van der Waals surface area contributed by atoms with Gasteiger partial charge < -0.3 is 0 Å². The Morgan fingerprint density at radius 2 is 2.00 bits per heavy atom. The first-order valence-electron chi connectivity index (χ1n) is 4.32. The number of carbonyl (C=O) groups excluding carboxylic acids is 1. The summed E-state index contributed by atoms with van der Waals surface area (Å²) in [6.45, 7) is 1.63. The van der Waals surface area contributed by atoms with E-state index in [4.69, 9.17) is 0 Å². The van der Waals surface area contributed by atoms with Crippen LogP contribution in [0.5, 0.6) is 0 Å². The highest BCUT2D eigenvalue weighted by atomic mass is 32.2. The summed E-state index contributed by atoms with van der Waals surface area (Å²) in [5.74, 6) is 0.166. The molecule has 2 aromatic rings. The number of thiophene rings is 2. The quantitative estimate of drug-likeness (QED) is 0.600. The molecule has 76 valence electrons. The van der Waals surface area contributed by atoms with Gasteiger partial charge in [0.1, 0.15) is 0 Å². The van der Waals surface area contributed by atoms with E-state index in [0.717, 1.165) is 4.88 Å². The minimum absolute atomic E-state index is 0.166. The molecule has 0 saturated carbocycles. The van der Waals surface area contributed by atoms with Crippen molar-refractivity contribution in [2.24, 2.45) is 0 Å². The van der Waals surface area contributed by atoms with Crippen LogP contribution in [0.1, 0.15) is 16.6 Å². The number of Topliss-reactive ketones (excluding diaryl/α,β-unsaturated/α-hetero) is 1. The summed E-state index contributed by atoms with van der Waals surface area (Å²) < 4.78 is 2.61. The lowest BCUT2D eigenvalue weighted by Gasteiger charge is -2.08. The van der Waals surface area contributed by atoms with Gasteiger partial charge in [0.15, 0.2) is 5.78 Å². The van der Waals surface area contributed by atoms with Gasteiger partial charge in [-0.25, -0.2) is 0 Å². The maximum Gasteiger partial charge on any atom is 0.169 e. The highest BCUT2D eigenvalue weighted by molar-refractivity contribution is 8.07. The summed E-state index contributed by atoms with van der Waals surface area (Å²) in [5.41, 5.74) is 0. The molecule has 1 aliphatic heterocycles. The first kappa shape index (κ1) is 9.96. The van der Waals surface area contributed by atoms with Gasteiger partial charge in [-0.15, -0.1) is 22.7 Å². The molecule has 0 amide bonds. The van der Waals surface area contributed by atoms with Crippen molar-refractivity contribution < 1.29 is 4.79 Å². The molecule has 1 aliphatic rings. The Kier molecular flexibility index (Phi) is 2.43. The van der Waals surface area contributed by atoms with Crippen molar-refractivity contribution in [3.63, 3.8) is 0 Å². The Balaban J connectivity index is 2.05. The van der Waals surface area contributed by atoms with Crippen molar-refractivity contribution in [3.05, 3.63) is 22.4 Å². The lowest BCUT2D eigenvalue weighted by atomic mass is 10.4. The van der Waals surface area contributed by atoms with Crippen LogP contribution in [0, 0.1) is 0 Å². The fraction of sp³-hybridized carbons (Fsp3) is 0.100. The molecule has 0 aliphatic carbocycles. The topological polar surface area (TPSA) is 17.1 Å². The van der Waals surface area contributed by atoms with E-state index in [-0.39, 0.29) is 5.78 Å². The zero-order valence-corrected chi connectivity index (χ0v) is 11.0. The molecule has 3 rings (SSSR count). The molecule has 1 nitrogen and oxygen atoms in total. The van der Waals surface area contributed by atoms with Gasteiger partial charge in [0.05, 0.1) is 13.3 Å². The van der Waals surface area contributed by atoms with Gasteiger partial charge in [0, 0.05) is 9.79 Å². The van der Waals surface area contributed by atoms with E-state index >= 15 is 0 Å². The molecule has 0 aromatic carbocycles. The van der Waals surface area contributed by atoms with E-state index in [0.29, 0.717) is 0 Å². The van der Waals surface area contributed by atoms with E-state index in [9.17, 15) is 4.79 Å². The number of hydrogen-bond donors (Lipinski definition) is 0. The smallest absolute Gasteiger partial charge is 0.169 e. The second-order valence-electron chi connectivity index (χ2n) is 3.09. The third-order valence-corrected chi connectivity index (χ3v) is 7.22. The Labute approximate surface area is 104 Å². The largest absolute Gasteiger partial charge is 0.294 e. The van der Waals surface area contributed by atoms with Crippen LogP contribution < -0.4 is 0 Å². The minimum Gasteiger partial charge on any atom is -0.294 e. The molecule has 3 heterocycles. The minimum atomic E-state index is 0.166. The summed E-state index contributed by atoms with van der Waals surface area (Å²) >= 11 is 6.94. The number of rotatable bonds is 1. The number of hydrogen-bond acceptors (Lipinski definition) is 5. The lowest BCUT2D eigenvalue weighted by Crippen LogP contribution is -1.83. The van der Waals surface area contributed by atoms with Crippen molar-refractivity contribution in [1.29, 1.82) is 0 Å². The standard InChI is InChI=1S/C10H6OS4/c1-5(11)7-4-8-10(14-7)13-6-2-3-12-9(6)15-8/h2-4H,1H3. The van der Waals surface area contributed by atoms with Crippen LogP contribution in [0.2, 0.25) is 0 Å². The monoisotopic (exact) mass is 270 g/mol. The van der Waals surface area contributed by atoms with Crippen molar-refractivity contribution >= 4 is 52.0 Å². The molecule has 0 saturated heterocycles. The molecule has 15 heavy (non-hydrogen) atoms. The predicted octanol–water partition coefficient (Wildman–Crippen LogP) is 4.63. The molecular formula is C10H6OS4. The molecule has 2 aromatic heterocycles. The van der Waals surface area contributed by atoms with E-state index < -0.39 is 0 Å². The van der Waals surface area contributed by atoms with Crippen molar-refractivity contribution in [2.45, 2.75) is 25.1 Å². The summed E-state index contributed by atoms with van der Waals surface area (Å²) in [7, 11) is 0. The number of fused-ring (bicyclic) bond motifs is 2. The average Bonchev–Trinajstić information content (AvgIpc) is 2.77. The van der Waals surface area contributed by atoms with Gasteiger partial charge in [-0.2, -0.15) is 0 Å². The van der Waals surface area contributed by atoms with Crippen molar-refractivity contribution in [1.82, 2.24) is 0 Å². The third-order valence-electron chi connectivity index (χ3n) is 2.01. The van der Waals surface area contributed by atoms with Crippen LogP contribution in [0.15, 0.2) is 35.7 Å². The molecule has 0 fully saturated rings. The third kappa shape index (κ3) is 1.67. The van der Waals surface area contributed by atoms with Crippen molar-refractivity contribution in [2.75, 3.05) is 0 Å². The Bertz CT molecular complexity index is 499. The van der Waals surface area contributed by atoms with Gasteiger partial charge in [-0.1, -0.05) is 23.5 Å².